The first-order chi connectivity index (χ1) is 10.3. The third-order valence-corrected chi connectivity index (χ3v) is 3.86. The van der Waals surface area contributed by atoms with Crippen molar-refractivity contribution in [1.29, 1.82) is 0 Å². The third-order valence-electron chi connectivity index (χ3n) is 2.84. The highest BCUT2D eigenvalue weighted by Crippen LogP contribution is 2.17. The summed E-state index contributed by atoms with van der Waals surface area (Å²) in [4.78, 5) is 13.9. The highest BCUT2D eigenvalue weighted by Gasteiger charge is 2.08. The Morgan fingerprint density at radius 3 is 2.81 bits per heavy atom. The minimum atomic E-state index is 0.279. The molecule has 3 aromatic rings. The molecule has 0 saturated carbocycles. The Kier molecular flexibility index (Phi) is 3.75. The van der Waals surface area contributed by atoms with Crippen molar-refractivity contribution in [2.45, 2.75) is 13.5 Å². The SMILES string of the molecule is Cc1ccsc1CNc1nc(NN)nc(-n2cccn2)n1. The average molecular weight is 302 g/mol. The van der Waals surface area contributed by atoms with Crippen molar-refractivity contribution in [2.75, 3.05) is 10.7 Å². The van der Waals surface area contributed by atoms with Crippen LogP contribution in [0, 0.1) is 6.92 Å². The summed E-state index contributed by atoms with van der Waals surface area (Å²) in [6, 6.07) is 3.87. The lowest BCUT2D eigenvalue weighted by molar-refractivity contribution is 0.796. The van der Waals surface area contributed by atoms with Gasteiger partial charge in [0.25, 0.3) is 5.95 Å². The zero-order valence-electron chi connectivity index (χ0n) is 11.3. The van der Waals surface area contributed by atoms with Crippen molar-refractivity contribution in [3.63, 3.8) is 0 Å². The molecule has 3 aromatic heterocycles. The minimum Gasteiger partial charge on any atom is -0.349 e. The highest BCUT2D eigenvalue weighted by atomic mass is 32.1. The summed E-state index contributed by atoms with van der Waals surface area (Å²) in [7, 11) is 0. The van der Waals surface area contributed by atoms with Gasteiger partial charge in [-0.15, -0.1) is 11.3 Å². The van der Waals surface area contributed by atoms with Gasteiger partial charge in [-0.1, -0.05) is 0 Å². The normalized spacial score (nSPS) is 10.6. The Hall–Kier alpha value is -2.52. The lowest BCUT2D eigenvalue weighted by Gasteiger charge is -2.08. The number of nitrogen functional groups attached to an aromatic ring is 1. The maximum atomic E-state index is 5.40. The number of hydrazine groups is 1. The van der Waals surface area contributed by atoms with Gasteiger partial charge in [-0.3, -0.25) is 5.43 Å². The predicted octanol–water partition coefficient (Wildman–Crippen LogP) is 1.32. The summed E-state index contributed by atoms with van der Waals surface area (Å²) in [5.41, 5.74) is 3.68. The molecule has 0 saturated heterocycles. The van der Waals surface area contributed by atoms with Crippen molar-refractivity contribution in [3.8, 4) is 5.95 Å². The number of hydrogen-bond acceptors (Lipinski definition) is 8. The lowest BCUT2D eigenvalue weighted by atomic mass is 10.3. The van der Waals surface area contributed by atoms with E-state index in [9.17, 15) is 0 Å². The van der Waals surface area contributed by atoms with E-state index in [0.29, 0.717) is 18.4 Å². The summed E-state index contributed by atoms with van der Waals surface area (Å²) in [5, 5.41) is 9.33. The van der Waals surface area contributed by atoms with Crippen LogP contribution < -0.4 is 16.6 Å². The van der Waals surface area contributed by atoms with Gasteiger partial charge in [0.2, 0.25) is 11.9 Å². The molecule has 0 radical (unpaired) electrons. The summed E-state index contributed by atoms with van der Waals surface area (Å²) in [5.74, 6) is 6.51. The fraction of sp³-hybridized carbons (Fsp3) is 0.167. The Morgan fingerprint density at radius 2 is 2.14 bits per heavy atom. The maximum Gasteiger partial charge on any atom is 0.257 e. The minimum absolute atomic E-state index is 0.279. The fourth-order valence-corrected chi connectivity index (χ4v) is 2.59. The number of thiophene rings is 1. The maximum absolute atomic E-state index is 5.40. The summed E-state index contributed by atoms with van der Waals surface area (Å²) >= 11 is 1.69. The molecular formula is C12H14N8S. The molecule has 0 aliphatic heterocycles. The van der Waals surface area contributed by atoms with E-state index in [4.69, 9.17) is 5.84 Å². The second-order valence-electron chi connectivity index (χ2n) is 4.26. The van der Waals surface area contributed by atoms with E-state index in [0.717, 1.165) is 0 Å². The van der Waals surface area contributed by atoms with E-state index in [-0.39, 0.29) is 5.95 Å². The molecule has 8 nitrogen and oxygen atoms in total. The summed E-state index contributed by atoms with van der Waals surface area (Å²) in [6.45, 7) is 2.72. The molecule has 0 amide bonds. The van der Waals surface area contributed by atoms with Crippen molar-refractivity contribution < 1.29 is 0 Å². The van der Waals surface area contributed by atoms with E-state index >= 15 is 0 Å². The van der Waals surface area contributed by atoms with Crippen LogP contribution in [0.5, 0.6) is 0 Å². The van der Waals surface area contributed by atoms with Crippen LogP contribution in [0.15, 0.2) is 29.9 Å². The Bertz CT molecular complexity index is 721. The van der Waals surface area contributed by atoms with E-state index in [2.05, 4.69) is 49.2 Å². The van der Waals surface area contributed by atoms with Crippen LogP contribution in [0.25, 0.3) is 5.95 Å². The monoisotopic (exact) mass is 302 g/mol. The Labute approximate surface area is 125 Å². The van der Waals surface area contributed by atoms with E-state index in [1.54, 1.807) is 34.5 Å². The van der Waals surface area contributed by atoms with Gasteiger partial charge in [-0.25, -0.2) is 10.5 Å². The number of anilines is 2. The molecule has 0 aliphatic carbocycles. The van der Waals surface area contributed by atoms with Crippen molar-refractivity contribution in [2.24, 2.45) is 5.84 Å². The molecule has 21 heavy (non-hydrogen) atoms. The number of aryl methyl sites for hydroxylation is 1. The molecule has 0 spiro atoms. The Morgan fingerprint density at radius 1 is 1.29 bits per heavy atom. The number of nitrogens with zero attached hydrogens (tertiary/aromatic N) is 5. The van der Waals surface area contributed by atoms with Crippen LogP contribution in [0.1, 0.15) is 10.4 Å². The molecule has 0 unspecified atom stereocenters. The van der Waals surface area contributed by atoms with Gasteiger partial charge in [0.1, 0.15) is 0 Å². The average Bonchev–Trinajstić information content (AvgIpc) is 3.16. The molecule has 0 aromatic carbocycles. The van der Waals surface area contributed by atoms with Gasteiger partial charge < -0.3 is 5.32 Å². The van der Waals surface area contributed by atoms with E-state index in [1.807, 2.05) is 0 Å². The van der Waals surface area contributed by atoms with Crippen molar-refractivity contribution in [1.82, 2.24) is 24.7 Å². The molecule has 3 heterocycles. The highest BCUT2D eigenvalue weighted by molar-refractivity contribution is 7.10. The first kappa shape index (κ1) is 13.5. The van der Waals surface area contributed by atoms with Crippen LogP contribution in [0.4, 0.5) is 11.9 Å². The Balaban J connectivity index is 1.84. The quantitative estimate of drug-likeness (QED) is 0.482. The number of rotatable bonds is 5. The second kappa shape index (κ2) is 5.85. The molecule has 3 rings (SSSR count). The number of nitrogens with one attached hydrogen (secondary N) is 2. The van der Waals surface area contributed by atoms with Gasteiger partial charge in [0.05, 0.1) is 6.54 Å². The predicted molar refractivity (Wildman–Crippen MR) is 81.1 cm³/mol. The van der Waals surface area contributed by atoms with Gasteiger partial charge >= 0.3 is 0 Å². The van der Waals surface area contributed by atoms with Crippen LogP contribution in [-0.2, 0) is 6.54 Å². The van der Waals surface area contributed by atoms with E-state index < -0.39 is 0 Å². The number of aromatic nitrogens is 5. The number of nitrogens with two attached hydrogens (primary N) is 1. The van der Waals surface area contributed by atoms with Crippen LogP contribution in [-0.4, -0.2) is 24.7 Å². The standard InChI is InChI=1S/C12H14N8S/c1-8-3-6-21-9(8)7-14-10-16-11(19-13)18-12(17-10)20-5-2-4-15-20/h2-6H,7,13H2,1H3,(H2,14,16,17,18,19). The van der Waals surface area contributed by atoms with Crippen LogP contribution >= 0.6 is 11.3 Å². The molecule has 4 N–H and O–H groups in total. The summed E-state index contributed by atoms with van der Waals surface area (Å²) < 4.78 is 1.55. The van der Waals surface area contributed by atoms with Gasteiger partial charge in [-0.05, 0) is 30.0 Å². The molecule has 0 atom stereocenters. The zero-order chi connectivity index (χ0) is 14.7. The van der Waals surface area contributed by atoms with Crippen molar-refractivity contribution in [3.05, 3.63) is 40.3 Å². The third kappa shape index (κ3) is 2.98. The second-order valence-corrected chi connectivity index (χ2v) is 5.26. The molecular weight excluding hydrogens is 288 g/mol. The molecule has 0 aliphatic rings. The molecule has 9 heteroatoms. The smallest absolute Gasteiger partial charge is 0.257 e. The zero-order valence-corrected chi connectivity index (χ0v) is 12.1. The molecule has 108 valence electrons. The number of hydrogen-bond donors (Lipinski definition) is 3. The van der Waals surface area contributed by atoms with Gasteiger partial charge in [0.15, 0.2) is 0 Å². The molecule has 0 bridgehead atoms. The largest absolute Gasteiger partial charge is 0.349 e. The molecule has 0 fully saturated rings. The topological polar surface area (TPSA) is 107 Å². The van der Waals surface area contributed by atoms with Crippen LogP contribution in [0.2, 0.25) is 0 Å². The lowest BCUT2D eigenvalue weighted by Crippen LogP contribution is -2.16. The fourth-order valence-electron chi connectivity index (χ4n) is 1.74. The van der Waals surface area contributed by atoms with E-state index in [1.165, 1.54) is 10.4 Å². The summed E-state index contributed by atoms with van der Waals surface area (Å²) in [6.07, 6.45) is 3.41. The first-order valence-corrected chi connectivity index (χ1v) is 7.14. The van der Waals surface area contributed by atoms with Crippen LogP contribution in [0.3, 0.4) is 0 Å². The van der Waals surface area contributed by atoms with Gasteiger partial charge in [-0.2, -0.15) is 20.1 Å². The van der Waals surface area contributed by atoms with Crippen molar-refractivity contribution >= 4 is 23.2 Å². The first-order valence-electron chi connectivity index (χ1n) is 6.26. The van der Waals surface area contributed by atoms with Gasteiger partial charge in [0, 0.05) is 17.3 Å².